The molecule has 0 aliphatic rings. The topological polar surface area (TPSA) is 97.4 Å². The van der Waals surface area contributed by atoms with Gasteiger partial charge in [-0.1, -0.05) is 42.5 Å². The maximum Gasteiger partial charge on any atom is 0.223 e. The molecule has 8 nitrogen and oxygen atoms in total. The normalized spacial score (nSPS) is 11.6. The smallest absolute Gasteiger partial charge is 0.223 e. The molecular formula is C29H26N6O2. The summed E-state index contributed by atoms with van der Waals surface area (Å²) in [5.41, 5.74) is 5.37. The summed E-state index contributed by atoms with van der Waals surface area (Å²) in [5, 5.41) is 13.1. The summed E-state index contributed by atoms with van der Waals surface area (Å²) in [6, 6.07) is 21.9. The first-order chi connectivity index (χ1) is 18.1. The zero-order valence-electron chi connectivity index (χ0n) is 20.8. The van der Waals surface area contributed by atoms with E-state index in [0.29, 0.717) is 29.5 Å². The molecule has 0 fully saturated rings. The number of aromatic nitrogens is 4. The van der Waals surface area contributed by atoms with E-state index < -0.39 is 0 Å². The van der Waals surface area contributed by atoms with Crippen LogP contribution in [-0.2, 0) is 6.61 Å². The van der Waals surface area contributed by atoms with Crippen molar-refractivity contribution in [3.8, 4) is 29.0 Å². The van der Waals surface area contributed by atoms with Gasteiger partial charge in [0, 0.05) is 11.8 Å². The van der Waals surface area contributed by atoms with Crippen LogP contribution in [0.15, 0.2) is 79.3 Å². The molecule has 0 spiro atoms. The summed E-state index contributed by atoms with van der Waals surface area (Å²) in [5.74, 6) is 1.99. The third kappa shape index (κ3) is 4.93. The molecule has 0 amide bonds. The fourth-order valence-electron chi connectivity index (χ4n) is 4.13. The van der Waals surface area contributed by atoms with Crippen molar-refractivity contribution in [2.45, 2.75) is 26.5 Å². The number of hydrogen-bond donors (Lipinski definition) is 1. The second-order valence-corrected chi connectivity index (χ2v) is 8.62. The molecule has 0 saturated carbocycles. The maximum atomic E-state index is 9.74. The minimum atomic E-state index is -0.00294. The highest BCUT2D eigenvalue weighted by atomic mass is 16.5. The Kier molecular flexibility index (Phi) is 6.68. The molecule has 3 aromatic heterocycles. The molecule has 3 heterocycles. The van der Waals surface area contributed by atoms with Crippen LogP contribution in [0.2, 0.25) is 0 Å². The first kappa shape index (κ1) is 23.8. The van der Waals surface area contributed by atoms with Crippen molar-refractivity contribution >= 4 is 11.6 Å². The van der Waals surface area contributed by atoms with Crippen LogP contribution in [0.1, 0.15) is 35.2 Å². The highest BCUT2D eigenvalue weighted by Gasteiger charge is 2.17. The molecule has 5 aromatic rings. The van der Waals surface area contributed by atoms with Crippen molar-refractivity contribution < 1.29 is 9.47 Å². The highest BCUT2D eigenvalue weighted by Crippen LogP contribution is 2.29. The number of ether oxygens (including phenoxy) is 2. The zero-order chi connectivity index (χ0) is 25.8. The molecule has 0 unspecified atom stereocenters. The summed E-state index contributed by atoms with van der Waals surface area (Å²) in [6.45, 7) is 4.44. The molecule has 1 N–H and O–H groups in total. The van der Waals surface area contributed by atoms with Gasteiger partial charge >= 0.3 is 0 Å². The van der Waals surface area contributed by atoms with Crippen molar-refractivity contribution in [1.29, 1.82) is 5.26 Å². The molecule has 0 aliphatic heterocycles. The molecular weight excluding hydrogens is 464 g/mol. The number of methoxy groups -OCH3 is 1. The summed E-state index contributed by atoms with van der Waals surface area (Å²) in [4.78, 5) is 13.7. The Balaban J connectivity index is 1.42. The number of anilines is 1. The Morgan fingerprint density at radius 1 is 1.03 bits per heavy atom. The Morgan fingerprint density at radius 3 is 2.54 bits per heavy atom. The van der Waals surface area contributed by atoms with Gasteiger partial charge in [-0.05, 0) is 43.2 Å². The molecule has 0 radical (unpaired) electrons. The van der Waals surface area contributed by atoms with Gasteiger partial charge in [0.2, 0.25) is 5.95 Å². The van der Waals surface area contributed by atoms with Gasteiger partial charge in [-0.3, -0.25) is 4.40 Å². The number of rotatable bonds is 8. The van der Waals surface area contributed by atoms with E-state index in [1.54, 1.807) is 19.5 Å². The van der Waals surface area contributed by atoms with Crippen LogP contribution in [-0.4, -0.2) is 26.5 Å². The van der Waals surface area contributed by atoms with Crippen LogP contribution in [0.3, 0.4) is 0 Å². The van der Waals surface area contributed by atoms with Crippen LogP contribution in [0, 0.1) is 18.3 Å². The van der Waals surface area contributed by atoms with Crippen molar-refractivity contribution in [1.82, 2.24) is 19.4 Å². The van der Waals surface area contributed by atoms with Gasteiger partial charge in [-0.15, -0.1) is 0 Å². The van der Waals surface area contributed by atoms with E-state index >= 15 is 0 Å². The SMILES string of the molecule is COc1ccc(COc2ccn3c(-c4nc(N[C@@H](C)c5ccccc5)ncc4C#N)cnc3c2C)cc1. The lowest BCUT2D eigenvalue weighted by Crippen LogP contribution is -2.10. The van der Waals surface area contributed by atoms with Gasteiger partial charge in [0.15, 0.2) is 0 Å². The van der Waals surface area contributed by atoms with Gasteiger partial charge < -0.3 is 14.8 Å². The predicted octanol–water partition coefficient (Wildman–Crippen LogP) is 5.73. The summed E-state index contributed by atoms with van der Waals surface area (Å²) in [7, 11) is 1.65. The van der Waals surface area contributed by atoms with Crippen molar-refractivity contribution in [3.63, 3.8) is 0 Å². The largest absolute Gasteiger partial charge is 0.497 e. The summed E-state index contributed by atoms with van der Waals surface area (Å²) < 4.78 is 13.2. The highest BCUT2D eigenvalue weighted by molar-refractivity contribution is 5.69. The third-order valence-electron chi connectivity index (χ3n) is 6.23. The van der Waals surface area contributed by atoms with Gasteiger partial charge in [-0.25, -0.2) is 15.0 Å². The average molecular weight is 491 g/mol. The zero-order valence-corrected chi connectivity index (χ0v) is 20.8. The molecule has 0 bridgehead atoms. The number of nitrogens with zero attached hydrogens (tertiary/aromatic N) is 5. The van der Waals surface area contributed by atoms with Crippen LogP contribution in [0.25, 0.3) is 17.0 Å². The lowest BCUT2D eigenvalue weighted by atomic mass is 10.1. The fraction of sp³-hybridized carbons (Fsp3) is 0.172. The van der Waals surface area contributed by atoms with Crippen molar-refractivity contribution in [2.24, 2.45) is 0 Å². The lowest BCUT2D eigenvalue weighted by Gasteiger charge is -2.15. The number of imidazole rings is 1. The number of aryl methyl sites for hydroxylation is 1. The number of nitrogens with one attached hydrogen (secondary N) is 1. The fourth-order valence-corrected chi connectivity index (χ4v) is 4.13. The second-order valence-electron chi connectivity index (χ2n) is 8.62. The van der Waals surface area contributed by atoms with Crippen molar-refractivity contribution in [2.75, 3.05) is 12.4 Å². The minimum Gasteiger partial charge on any atom is -0.497 e. The molecule has 2 aromatic carbocycles. The molecule has 0 saturated heterocycles. The van der Waals surface area contributed by atoms with Crippen molar-refractivity contribution in [3.05, 3.63) is 102 Å². The first-order valence-corrected chi connectivity index (χ1v) is 11.9. The van der Waals surface area contributed by atoms with E-state index in [1.165, 1.54) is 0 Å². The average Bonchev–Trinajstić information content (AvgIpc) is 3.38. The first-order valence-electron chi connectivity index (χ1n) is 11.9. The van der Waals surface area contributed by atoms with Gasteiger partial charge in [0.1, 0.15) is 35.5 Å². The lowest BCUT2D eigenvalue weighted by molar-refractivity contribution is 0.304. The third-order valence-corrected chi connectivity index (χ3v) is 6.23. The van der Waals surface area contributed by atoms with E-state index in [2.05, 4.69) is 21.4 Å². The van der Waals surface area contributed by atoms with Crippen LogP contribution >= 0.6 is 0 Å². The van der Waals surface area contributed by atoms with Gasteiger partial charge in [0.05, 0.1) is 36.8 Å². The standard InChI is InChI=1S/C29H26N6O2/c1-19-26(37-18-21-9-11-24(36-3)12-10-21)13-14-35-25(17-31-28(19)35)27-23(15-30)16-32-29(34-27)33-20(2)22-7-5-4-6-8-22/h4-14,16-17,20H,18H2,1-3H3,(H,32,33,34)/t20-/m0/s1. The van der Waals surface area contributed by atoms with Gasteiger partial charge in [-0.2, -0.15) is 5.26 Å². The maximum absolute atomic E-state index is 9.74. The number of pyridine rings is 1. The van der Waals surface area contributed by atoms with E-state index in [9.17, 15) is 5.26 Å². The predicted molar refractivity (Wildman–Crippen MR) is 141 cm³/mol. The molecule has 5 rings (SSSR count). The van der Waals surface area contributed by atoms with E-state index in [4.69, 9.17) is 14.5 Å². The van der Waals surface area contributed by atoms with E-state index in [0.717, 1.165) is 33.8 Å². The molecule has 8 heteroatoms. The quantitative estimate of drug-likeness (QED) is 0.296. The molecule has 184 valence electrons. The minimum absolute atomic E-state index is 0.00294. The van der Waals surface area contributed by atoms with Gasteiger partial charge in [0.25, 0.3) is 0 Å². The number of fused-ring (bicyclic) bond motifs is 1. The Labute approximate surface area is 215 Å². The molecule has 0 aliphatic carbocycles. The number of hydrogen-bond acceptors (Lipinski definition) is 7. The summed E-state index contributed by atoms with van der Waals surface area (Å²) >= 11 is 0. The monoisotopic (exact) mass is 490 g/mol. The van der Waals surface area contributed by atoms with Crippen LogP contribution in [0.4, 0.5) is 5.95 Å². The number of nitriles is 1. The van der Waals surface area contributed by atoms with E-state index in [-0.39, 0.29) is 6.04 Å². The van der Waals surface area contributed by atoms with E-state index in [1.807, 2.05) is 85.1 Å². The number of benzene rings is 2. The Bertz CT molecular complexity index is 1570. The molecule has 37 heavy (non-hydrogen) atoms. The van der Waals surface area contributed by atoms with Crippen LogP contribution < -0.4 is 14.8 Å². The molecule has 1 atom stereocenters. The summed E-state index contributed by atoms with van der Waals surface area (Å²) in [6.07, 6.45) is 5.15. The van der Waals surface area contributed by atoms with Crippen LogP contribution in [0.5, 0.6) is 11.5 Å². The Morgan fingerprint density at radius 2 is 1.81 bits per heavy atom. The second kappa shape index (κ2) is 10.4. The Hall–Kier alpha value is -4.90.